The number of fused-ring (bicyclic) bond motifs is 1. The lowest BCUT2D eigenvalue weighted by Crippen LogP contribution is -2.49. The van der Waals surface area contributed by atoms with Gasteiger partial charge < -0.3 is 15.0 Å². The van der Waals surface area contributed by atoms with Gasteiger partial charge in [-0.05, 0) is 35.9 Å². The highest BCUT2D eigenvalue weighted by Crippen LogP contribution is 2.25. The standard InChI is InChI=1S/C26H29ClN2O3/c1-18(2)15-28-26(31)19(3)29(16-21-10-5-7-13-23(21)27)25(30)17-32-24-14-8-11-20-9-4-6-12-22(20)24/h4-14,18-19H,15-17H2,1-3H3,(H,28,31). The summed E-state index contributed by atoms with van der Waals surface area (Å²) in [4.78, 5) is 27.5. The molecule has 0 aliphatic rings. The quantitative estimate of drug-likeness (QED) is 0.493. The molecule has 2 amide bonds. The van der Waals surface area contributed by atoms with Crippen molar-refractivity contribution in [2.24, 2.45) is 5.92 Å². The van der Waals surface area contributed by atoms with Crippen LogP contribution in [-0.4, -0.2) is 35.9 Å². The number of nitrogens with zero attached hydrogens (tertiary/aromatic N) is 1. The SMILES string of the molecule is CC(C)CNC(=O)C(C)N(Cc1ccccc1Cl)C(=O)COc1cccc2ccccc12. The van der Waals surface area contributed by atoms with E-state index in [0.29, 0.717) is 23.2 Å². The normalized spacial score (nSPS) is 11.9. The molecule has 32 heavy (non-hydrogen) atoms. The summed E-state index contributed by atoms with van der Waals surface area (Å²) in [7, 11) is 0. The summed E-state index contributed by atoms with van der Waals surface area (Å²) in [6.07, 6.45) is 0. The monoisotopic (exact) mass is 452 g/mol. The van der Waals surface area contributed by atoms with E-state index in [9.17, 15) is 9.59 Å². The summed E-state index contributed by atoms with van der Waals surface area (Å²) in [5, 5.41) is 5.43. The molecule has 3 aromatic rings. The van der Waals surface area contributed by atoms with E-state index in [1.54, 1.807) is 13.0 Å². The molecule has 1 unspecified atom stereocenters. The fourth-order valence-electron chi connectivity index (χ4n) is 3.39. The van der Waals surface area contributed by atoms with Gasteiger partial charge in [0.1, 0.15) is 11.8 Å². The largest absolute Gasteiger partial charge is 0.483 e. The van der Waals surface area contributed by atoms with Crippen LogP contribution in [0.1, 0.15) is 26.3 Å². The average molecular weight is 453 g/mol. The van der Waals surface area contributed by atoms with Crippen LogP contribution in [0.15, 0.2) is 66.7 Å². The smallest absolute Gasteiger partial charge is 0.261 e. The molecule has 0 spiro atoms. The average Bonchev–Trinajstić information content (AvgIpc) is 2.80. The van der Waals surface area contributed by atoms with Crippen molar-refractivity contribution in [3.63, 3.8) is 0 Å². The number of nitrogens with one attached hydrogen (secondary N) is 1. The van der Waals surface area contributed by atoms with Crippen molar-refractivity contribution in [2.45, 2.75) is 33.4 Å². The number of rotatable bonds is 9. The van der Waals surface area contributed by atoms with Gasteiger partial charge in [-0.2, -0.15) is 0 Å². The fourth-order valence-corrected chi connectivity index (χ4v) is 3.58. The highest BCUT2D eigenvalue weighted by Gasteiger charge is 2.27. The molecule has 0 heterocycles. The van der Waals surface area contributed by atoms with Gasteiger partial charge in [-0.25, -0.2) is 0 Å². The number of halogens is 1. The fraction of sp³-hybridized carbons (Fsp3) is 0.308. The molecule has 0 fully saturated rings. The summed E-state index contributed by atoms with van der Waals surface area (Å²) < 4.78 is 5.90. The molecule has 0 aliphatic heterocycles. The molecule has 3 rings (SSSR count). The van der Waals surface area contributed by atoms with Crippen molar-refractivity contribution < 1.29 is 14.3 Å². The van der Waals surface area contributed by atoms with E-state index in [1.165, 1.54) is 4.90 Å². The van der Waals surface area contributed by atoms with Gasteiger partial charge in [-0.15, -0.1) is 0 Å². The van der Waals surface area contributed by atoms with Crippen molar-refractivity contribution in [3.8, 4) is 5.75 Å². The van der Waals surface area contributed by atoms with Crippen LogP contribution in [0.25, 0.3) is 10.8 Å². The maximum Gasteiger partial charge on any atom is 0.261 e. The van der Waals surface area contributed by atoms with E-state index in [2.05, 4.69) is 5.32 Å². The molecule has 0 aromatic heterocycles. The van der Waals surface area contributed by atoms with Crippen LogP contribution in [0.3, 0.4) is 0 Å². The third kappa shape index (κ3) is 6.01. The molecule has 5 nitrogen and oxygen atoms in total. The Bertz CT molecular complexity index is 1080. The molecule has 0 saturated carbocycles. The Labute approximate surface area is 194 Å². The first kappa shape index (κ1) is 23.6. The molecule has 1 N–H and O–H groups in total. The van der Waals surface area contributed by atoms with E-state index in [-0.39, 0.29) is 25.0 Å². The van der Waals surface area contributed by atoms with Crippen molar-refractivity contribution >= 4 is 34.2 Å². The molecular weight excluding hydrogens is 424 g/mol. The zero-order chi connectivity index (χ0) is 23.1. The minimum absolute atomic E-state index is 0.180. The minimum atomic E-state index is -0.673. The highest BCUT2D eigenvalue weighted by molar-refractivity contribution is 6.31. The summed E-state index contributed by atoms with van der Waals surface area (Å²) in [5.74, 6) is 0.453. The lowest BCUT2D eigenvalue weighted by Gasteiger charge is -2.29. The lowest BCUT2D eigenvalue weighted by molar-refractivity contribution is -0.142. The van der Waals surface area contributed by atoms with Gasteiger partial charge >= 0.3 is 0 Å². The van der Waals surface area contributed by atoms with Gasteiger partial charge in [0.15, 0.2) is 6.61 Å². The Hall–Kier alpha value is -3.05. The Balaban J connectivity index is 1.78. The van der Waals surface area contributed by atoms with Crippen molar-refractivity contribution in [2.75, 3.05) is 13.2 Å². The second kappa shape index (κ2) is 11.0. The van der Waals surface area contributed by atoms with Crippen LogP contribution in [-0.2, 0) is 16.1 Å². The van der Waals surface area contributed by atoms with Gasteiger partial charge in [0.2, 0.25) is 5.91 Å². The van der Waals surface area contributed by atoms with Crippen molar-refractivity contribution in [1.29, 1.82) is 0 Å². The zero-order valence-electron chi connectivity index (χ0n) is 18.7. The third-order valence-electron chi connectivity index (χ3n) is 5.25. The molecule has 0 saturated heterocycles. The second-order valence-corrected chi connectivity index (χ2v) is 8.60. The lowest BCUT2D eigenvalue weighted by atomic mass is 10.1. The van der Waals surface area contributed by atoms with Crippen molar-refractivity contribution in [3.05, 3.63) is 77.3 Å². The maximum absolute atomic E-state index is 13.2. The molecule has 0 radical (unpaired) electrons. The second-order valence-electron chi connectivity index (χ2n) is 8.19. The van der Waals surface area contributed by atoms with Crippen molar-refractivity contribution in [1.82, 2.24) is 10.2 Å². The van der Waals surface area contributed by atoms with Gasteiger partial charge in [0.25, 0.3) is 5.91 Å². The Morgan fingerprint density at radius 2 is 1.66 bits per heavy atom. The minimum Gasteiger partial charge on any atom is -0.483 e. The number of carbonyl (C=O) groups excluding carboxylic acids is 2. The number of amides is 2. The van der Waals surface area contributed by atoms with E-state index < -0.39 is 6.04 Å². The first-order valence-electron chi connectivity index (χ1n) is 10.8. The number of ether oxygens (including phenoxy) is 1. The number of hydrogen-bond acceptors (Lipinski definition) is 3. The summed E-state index contributed by atoms with van der Waals surface area (Å²) in [6, 6.07) is 20.2. The Morgan fingerprint density at radius 1 is 0.969 bits per heavy atom. The van der Waals surface area contributed by atoms with Crippen LogP contribution in [0.5, 0.6) is 5.75 Å². The molecule has 6 heteroatoms. The Morgan fingerprint density at radius 3 is 2.41 bits per heavy atom. The van der Waals surface area contributed by atoms with Crippen LogP contribution in [0.2, 0.25) is 5.02 Å². The first-order chi connectivity index (χ1) is 15.4. The van der Waals surface area contributed by atoms with Crippen LogP contribution >= 0.6 is 11.6 Å². The third-order valence-corrected chi connectivity index (χ3v) is 5.62. The molecule has 0 aliphatic carbocycles. The summed E-state index contributed by atoms with van der Waals surface area (Å²) in [6.45, 7) is 6.35. The van der Waals surface area contributed by atoms with E-state index in [1.807, 2.05) is 74.5 Å². The number of carbonyl (C=O) groups is 2. The molecule has 3 aromatic carbocycles. The number of hydrogen-bond donors (Lipinski definition) is 1. The summed E-state index contributed by atoms with van der Waals surface area (Å²) >= 11 is 6.33. The van der Waals surface area contributed by atoms with E-state index >= 15 is 0 Å². The van der Waals surface area contributed by atoms with Crippen LogP contribution in [0, 0.1) is 5.92 Å². The molecule has 0 bridgehead atoms. The zero-order valence-corrected chi connectivity index (χ0v) is 19.4. The molecular formula is C26H29ClN2O3. The maximum atomic E-state index is 13.2. The highest BCUT2D eigenvalue weighted by atomic mass is 35.5. The van der Waals surface area contributed by atoms with Crippen LogP contribution in [0.4, 0.5) is 0 Å². The Kier molecular flexibility index (Phi) is 8.12. The van der Waals surface area contributed by atoms with Gasteiger partial charge in [-0.3, -0.25) is 9.59 Å². The molecule has 168 valence electrons. The first-order valence-corrected chi connectivity index (χ1v) is 11.2. The van der Waals surface area contributed by atoms with Gasteiger partial charge in [-0.1, -0.05) is 80.0 Å². The predicted molar refractivity (Wildman–Crippen MR) is 129 cm³/mol. The van der Waals surface area contributed by atoms with E-state index in [4.69, 9.17) is 16.3 Å². The molecule has 1 atom stereocenters. The van der Waals surface area contributed by atoms with Crippen LogP contribution < -0.4 is 10.1 Å². The van der Waals surface area contributed by atoms with Gasteiger partial charge in [0.05, 0.1) is 0 Å². The topological polar surface area (TPSA) is 58.6 Å². The van der Waals surface area contributed by atoms with Gasteiger partial charge in [0, 0.05) is 23.5 Å². The number of benzene rings is 3. The van der Waals surface area contributed by atoms with E-state index in [0.717, 1.165) is 16.3 Å². The summed E-state index contributed by atoms with van der Waals surface area (Å²) in [5.41, 5.74) is 0.774. The predicted octanol–water partition coefficient (Wildman–Crippen LogP) is 5.06.